The zero-order valence-electron chi connectivity index (χ0n) is 23.6. The van der Waals surface area contributed by atoms with Crippen molar-refractivity contribution >= 4 is 17.6 Å². The Bertz CT molecular complexity index is 1240. The molecule has 0 saturated heterocycles. The lowest BCUT2D eigenvalue weighted by molar-refractivity contribution is -0.117. The van der Waals surface area contributed by atoms with Gasteiger partial charge in [0.2, 0.25) is 5.91 Å². The summed E-state index contributed by atoms with van der Waals surface area (Å²) in [5.41, 5.74) is 3.01. The van der Waals surface area contributed by atoms with E-state index in [9.17, 15) is 9.59 Å². The highest BCUT2D eigenvalue weighted by molar-refractivity contribution is 5.99. The molecular weight excluding hydrogens is 480 g/mol. The van der Waals surface area contributed by atoms with Crippen LogP contribution >= 0.6 is 0 Å². The molecule has 0 spiro atoms. The minimum Gasteiger partial charge on any atom is -0.497 e. The lowest BCUT2D eigenvalue weighted by Crippen LogP contribution is -2.39. The van der Waals surface area contributed by atoms with Gasteiger partial charge in [0.25, 0.3) is 5.91 Å². The lowest BCUT2D eigenvalue weighted by atomic mass is 9.92. The van der Waals surface area contributed by atoms with Gasteiger partial charge in [-0.25, -0.2) is 4.68 Å². The molecule has 3 rings (SSSR count). The minimum absolute atomic E-state index is 0.0913. The van der Waals surface area contributed by atoms with Crippen molar-refractivity contribution in [3.63, 3.8) is 0 Å². The SMILES string of the molecule is CCCCCN(CC(=O)Nc1cc(C(C)(C)C)nn1-c1cccc(C)c1)C(=O)c1cc(OC)cc(OC)c1. The van der Waals surface area contributed by atoms with Gasteiger partial charge in [-0.05, 0) is 43.2 Å². The number of benzene rings is 2. The van der Waals surface area contributed by atoms with E-state index in [0.29, 0.717) is 29.4 Å². The van der Waals surface area contributed by atoms with Crippen LogP contribution in [0.4, 0.5) is 5.82 Å². The molecule has 2 aromatic carbocycles. The predicted octanol–water partition coefficient (Wildman–Crippen LogP) is 5.77. The molecule has 1 heterocycles. The average Bonchev–Trinajstić information content (AvgIpc) is 3.31. The number of carbonyl (C=O) groups excluding carboxylic acids is 2. The summed E-state index contributed by atoms with van der Waals surface area (Å²) in [4.78, 5) is 28.5. The zero-order chi connectivity index (χ0) is 27.9. The van der Waals surface area contributed by atoms with E-state index in [4.69, 9.17) is 14.6 Å². The maximum Gasteiger partial charge on any atom is 0.254 e. The van der Waals surface area contributed by atoms with Crippen LogP contribution < -0.4 is 14.8 Å². The highest BCUT2D eigenvalue weighted by Gasteiger charge is 2.24. The van der Waals surface area contributed by atoms with Crippen LogP contribution in [0.25, 0.3) is 5.69 Å². The summed E-state index contributed by atoms with van der Waals surface area (Å²) in [6.45, 7) is 10.7. The molecule has 0 saturated carbocycles. The molecule has 8 heteroatoms. The molecule has 0 atom stereocenters. The number of amides is 2. The van der Waals surface area contributed by atoms with Crippen molar-refractivity contribution in [3.05, 3.63) is 65.4 Å². The van der Waals surface area contributed by atoms with Crippen molar-refractivity contribution in [2.45, 2.75) is 59.3 Å². The molecule has 38 heavy (non-hydrogen) atoms. The molecule has 1 aromatic heterocycles. The summed E-state index contributed by atoms with van der Waals surface area (Å²) in [6, 6.07) is 14.9. The third-order valence-electron chi connectivity index (χ3n) is 6.24. The van der Waals surface area contributed by atoms with Crippen molar-refractivity contribution in [3.8, 4) is 17.2 Å². The number of carbonyl (C=O) groups is 2. The third-order valence-corrected chi connectivity index (χ3v) is 6.24. The number of ether oxygens (including phenoxy) is 2. The number of hydrogen-bond donors (Lipinski definition) is 1. The second-order valence-corrected chi connectivity index (χ2v) is 10.5. The van der Waals surface area contributed by atoms with Crippen molar-refractivity contribution in [1.82, 2.24) is 14.7 Å². The summed E-state index contributed by atoms with van der Waals surface area (Å²) < 4.78 is 12.4. The molecule has 0 aliphatic carbocycles. The predicted molar refractivity (Wildman–Crippen MR) is 151 cm³/mol. The summed E-state index contributed by atoms with van der Waals surface area (Å²) in [5.74, 6) is 1.05. The smallest absolute Gasteiger partial charge is 0.254 e. The Balaban J connectivity index is 1.89. The van der Waals surface area contributed by atoms with Crippen molar-refractivity contribution in [2.75, 3.05) is 32.6 Å². The maximum atomic E-state index is 13.5. The summed E-state index contributed by atoms with van der Waals surface area (Å²) in [6.07, 6.45) is 2.76. The van der Waals surface area contributed by atoms with Crippen LogP contribution in [0, 0.1) is 6.92 Å². The van der Waals surface area contributed by atoms with Gasteiger partial charge in [-0.15, -0.1) is 0 Å². The number of hydrogen-bond acceptors (Lipinski definition) is 5. The van der Waals surface area contributed by atoms with Crippen LogP contribution in [0.3, 0.4) is 0 Å². The Morgan fingerprint density at radius 2 is 1.68 bits per heavy atom. The molecule has 0 aliphatic heterocycles. The van der Waals surface area contributed by atoms with Gasteiger partial charge in [0.15, 0.2) is 0 Å². The fourth-order valence-corrected chi connectivity index (χ4v) is 4.07. The molecule has 1 N–H and O–H groups in total. The van der Waals surface area contributed by atoms with Gasteiger partial charge < -0.3 is 19.7 Å². The first kappa shape index (κ1) is 28.8. The quantitative estimate of drug-likeness (QED) is 0.325. The molecule has 204 valence electrons. The fourth-order valence-electron chi connectivity index (χ4n) is 4.07. The highest BCUT2D eigenvalue weighted by Crippen LogP contribution is 2.27. The van der Waals surface area contributed by atoms with Crippen LogP contribution in [0.15, 0.2) is 48.5 Å². The van der Waals surface area contributed by atoms with E-state index in [0.717, 1.165) is 36.2 Å². The second kappa shape index (κ2) is 12.6. The summed E-state index contributed by atoms with van der Waals surface area (Å²) >= 11 is 0. The first-order chi connectivity index (χ1) is 18.0. The van der Waals surface area contributed by atoms with Gasteiger partial charge in [-0.2, -0.15) is 5.10 Å². The van der Waals surface area contributed by atoms with E-state index in [1.54, 1.807) is 42.0 Å². The number of aromatic nitrogens is 2. The van der Waals surface area contributed by atoms with Gasteiger partial charge >= 0.3 is 0 Å². The number of rotatable bonds is 11. The normalized spacial score (nSPS) is 11.2. The van der Waals surface area contributed by atoms with E-state index in [-0.39, 0.29) is 23.8 Å². The highest BCUT2D eigenvalue weighted by atomic mass is 16.5. The van der Waals surface area contributed by atoms with Crippen molar-refractivity contribution in [1.29, 1.82) is 0 Å². The number of nitrogens with one attached hydrogen (secondary N) is 1. The van der Waals surface area contributed by atoms with Crippen LogP contribution in [0.2, 0.25) is 0 Å². The van der Waals surface area contributed by atoms with E-state index in [1.807, 2.05) is 37.3 Å². The summed E-state index contributed by atoms with van der Waals surface area (Å²) in [7, 11) is 3.08. The molecule has 0 bridgehead atoms. The van der Waals surface area contributed by atoms with Gasteiger partial charge in [-0.1, -0.05) is 52.7 Å². The Labute approximate surface area is 225 Å². The van der Waals surface area contributed by atoms with Crippen LogP contribution in [0.1, 0.15) is 68.6 Å². The monoisotopic (exact) mass is 520 g/mol. The van der Waals surface area contributed by atoms with Crippen LogP contribution in [-0.2, 0) is 10.2 Å². The first-order valence-electron chi connectivity index (χ1n) is 13.1. The van der Waals surface area contributed by atoms with Crippen molar-refractivity contribution < 1.29 is 19.1 Å². The number of anilines is 1. The number of aryl methyl sites for hydroxylation is 1. The van der Waals surface area contributed by atoms with Gasteiger partial charge in [0.1, 0.15) is 23.9 Å². The molecule has 8 nitrogen and oxygen atoms in total. The van der Waals surface area contributed by atoms with E-state index < -0.39 is 0 Å². The molecular formula is C30H40N4O4. The zero-order valence-corrected chi connectivity index (χ0v) is 23.6. The van der Waals surface area contributed by atoms with Crippen LogP contribution in [0.5, 0.6) is 11.5 Å². The lowest BCUT2D eigenvalue weighted by Gasteiger charge is -2.23. The van der Waals surface area contributed by atoms with E-state index in [2.05, 4.69) is 33.0 Å². The number of unbranched alkanes of at least 4 members (excludes halogenated alkanes) is 2. The molecule has 3 aromatic rings. The van der Waals surface area contributed by atoms with Crippen LogP contribution in [-0.4, -0.2) is 53.8 Å². The molecule has 2 amide bonds. The summed E-state index contributed by atoms with van der Waals surface area (Å²) in [5, 5.41) is 7.81. The van der Waals surface area contributed by atoms with E-state index in [1.165, 1.54) is 0 Å². The van der Waals surface area contributed by atoms with Gasteiger partial charge in [0, 0.05) is 29.7 Å². The van der Waals surface area contributed by atoms with Gasteiger partial charge in [-0.3, -0.25) is 9.59 Å². The topological polar surface area (TPSA) is 85.7 Å². The largest absolute Gasteiger partial charge is 0.497 e. The van der Waals surface area contributed by atoms with Gasteiger partial charge in [0.05, 0.1) is 25.6 Å². The number of nitrogens with zero attached hydrogens (tertiary/aromatic N) is 3. The standard InChI is InChI=1S/C30H40N4O4/c1-8-9-10-14-33(29(36)22-16-24(37-6)18-25(17-22)38-7)20-28(35)31-27-19-26(30(3,4)5)32-34(27)23-13-11-12-21(2)15-23/h11-13,15-19H,8-10,14,20H2,1-7H3,(H,31,35). The molecule has 0 radical (unpaired) electrons. The average molecular weight is 521 g/mol. The Kier molecular flexibility index (Phi) is 9.55. The molecule has 0 aliphatic rings. The second-order valence-electron chi connectivity index (χ2n) is 10.5. The fraction of sp³-hybridized carbons (Fsp3) is 0.433. The molecule has 0 fully saturated rings. The molecule has 0 unspecified atom stereocenters. The number of methoxy groups -OCH3 is 2. The Morgan fingerprint density at radius 1 is 1.00 bits per heavy atom. The van der Waals surface area contributed by atoms with E-state index >= 15 is 0 Å². The van der Waals surface area contributed by atoms with Crippen molar-refractivity contribution in [2.24, 2.45) is 0 Å². The Morgan fingerprint density at radius 3 is 2.26 bits per heavy atom. The maximum absolute atomic E-state index is 13.5. The Hall–Kier alpha value is -3.81. The first-order valence-corrected chi connectivity index (χ1v) is 13.1. The third kappa shape index (κ3) is 7.37. The minimum atomic E-state index is -0.293.